The van der Waals surface area contributed by atoms with E-state index in [-0.39, 0.29) is 0 Å². The summed E-state index contributed by atoms with van der Waals surface area (Å²) in [4.78, 5) is 0. The topological polar surface area (TPSA) is 18.5 Å². The predicted molar refractivity (Wildman–Crippen MR) is 84.7 cm³/mol. The van der Waals surface area contributed by atoms with Gasteiger partial charge >= 0.3 is 8.56 Å². The van der Waals surface area contributed by atoms with Gasteiger partial charge in [0.2, 0.25) is 0 Å². The summed E-state index contributed by atoms with van der Waals surface area (Å²) in [5, 5.41) is 0. The number of unbranched alkanes of at least 4 members (excludes halogenated alkanes) is 1. The van der Waals surface area contributed by atoms with E-state index in [9.17, 15) is 0 Å². The van der Waals surface area contributed by atoms with Gasteiger partial charge in [-0.1, -0.05) is 65.2 Å². The average Bonchev–Trinajstić information content (AvgIpc) is 2.95. The first-order valence-corrected chi connectivity index (χ1v) is 10.5. The van der Waals surface area contributed by atoms with Gasteiger partial charge in [-0.25, -0.2) is 0 Å². The molecule has 0 bridgehead atoms. The monoisotopic (exact) mass is 286 g/mol. The van der Waals surface area contributed by atoms with Crippen LogP contribution in [-0.4, -0.2) is 22.8 Å². The number of rotatable bonds is 10. The Hall–Kier alpha value is 0.137. The Bertz CT molecular complexity index is 223. The third-order valence-corrected chi connectivity index (χ3v) is 8.85. The lowest BCUT2D eigenvalue weighted by atomic mass is 10.0. The molecule has 19 heavy (non-hydrogen) atoms. The van der Waals surface area contributed by atoms with Crippen molar-refractivity contribution in [2.45, 2.75) is 77.3 Å². The van der Waals surface area contributed by atoms with Crippen LogP contribution < -0.4 is 0 Å². The molecule has 0 N–H and O–H groups in total. The molecule has 0 aromatic rings. The molecule has 0 aliphatic heterocycles. The molecular formula is C16H34O2Si. The van der Waals surface area contributed by atoms with Crippen LogP contribution in [0.3, 0.4) is 0 Å². The molecule has 1 atom stereocenters. The molecule has 0 aromatic carbocycles. The first-order valence-electron chi connectivity index (χ1n) is 8.30. The van der Waals surface area contributed by atoms with Gasteiger partial charge in [0.15, 0.2) is 0 Å². The second-order valence-electron chi connectivity index (χ2n) is 6.29. The van der Waals surface area contributed by atoms with Crippen LogP contribution in [-0.2, 0) is 8.85 Å². The molecule has 3 heteroatoms. The fraction of sp³-hybridized carbons (Fsp3) is 1.00. The van der Waals surface area contributed by atoms with E-state index < -0.39 is 8.56 Å². The largest absolute Gasteiger partial charge is 0.398 e. The molecule has 1 unspecified atom stereocenters. The van der Waals surface area contributed by atoms with Crippen molar-refractivity contribution >= 4 is 8.56 Å². The molecule has 1 saturated carbocycles. The molecular weight excluding hydrogens is 252 g/mol. The maximum Gasteiger partial charge on any atom is 0.338 e. The lowest BCUT2D eigenvalue weighted by Crippen LogP contribution is -2.43. The van der Waals surface area contributed by atoms with Crippen LogP contribution in [0.15, 0.2) is 0 Å². The summed E-state index contributed by atoms with van der Waals surface area (Å²) >= 11 is 0. The minimum Gasteiger partial charge on any atom is -0.398 e. The van der Waals surface area contributed by atoms with Crippen LogP contribution in [0.5, 0.6) is 0 Å². The van der Waals surface area contributed by atoms with Crippen LogP contribution in [0, 0.1) is 11.8 Å². The first-order chi connectivity index (χ1) is 9.19. The minimum atomic E-state index is -1.94. The van der Waals surface area contributed by atoms with E-state index in [1.807, 2.05) is 14.2 Å². The Labute approximate surface area is 121 Å². The third-order valence-electron chi connectivity index (χ3n) is 4.96. The normalized spacial score (nSPS) is 18.9. The molecule has 0 amide bonds. The SMILES string of the molecule is CCCCC(CC)C[Si](CC1CCCC1)(OC)OC. The van der Waals surface area contributed by atoms with Gasteiger partial charge in [-0.15, -0.1) is 0 Å². The van der Waals surface area contributed by atoms with Crippen LogP contribution in [0.1, 0.15) is 65.2 Å². The highest BCUT2D eigenvalue weighted by atomic mass is 28.4. The van der Waals surface area contributed by atoms with Crippen LogP contribution in [0.2, 0.25) is 12.1 Å². The van der Waals surface area contributed by atoms with Crippen LogP contribution in [0.4, 0.5) is 0 Å². The van der Waals surface area contributed by atoms with E-state index >= 15 is 0 Å². The van der Waals surface area contributed by atoms with Crippen LogP contribution in [0.25, 0.3) is 0 Å². The summed E-state index contributed by atoms with van der Waals surface area (Å²) in [6.07, 6.45) is 10.9. The molecule has 114 valence electrons. The summed E-state index contributed by atoms with van der Waals surface area (Å²) in [5.41, 5.74) is 0. The van der Waals surface area contributed by atoms with Gasteiger partial charge in [-0.2, -0.15) is 0 Å². The fourth-order valence-electron chi connectivity index (χ4n) is 3.54. The zero-order valence-electron chi connectivity index (χ0n) is 13.5. The van der Waals surface area contributed by atoms with Gasteiger partial charge in [0, 0.05) is 14.2 Å². The van der Waals surface area contributed by atoms with Crippen molar-refractivity contribution in [3.8, 4) is 0 Å². The molecule has 0 heterocycles. The molecule has 1 aliphatic carbocycles. The van der Waals surface area contributed by atoms with Crippen molar-refractivity contribution in [3.63, 3.8) is 0 Å². The summed E-state index contributed by atoms with van der Waals surface area (Å²) in [6.45, 7) is 4.60. The maximum atomic E-state index is 5.98. The highest BCUT2D eigenvalue weighted by Crippen LogP contribution is 2.36. The first kappa shape index (κ1) is 17.2. The van der Waals surface area contributed by atoms with Gasteiger partial charge in [0.1, 0.15) is 0 Å². The number of hydrogen-bond donors (Lipinski definition) is 0. The van der Waals surface area contributed by atoms with Crippen LogP contribution >= 0.6 is 0 Å². The van der Waals surface area contributed by atoms with E-state index in [4.69, 9.17) is 8.85 Å². The Morgan fingerprint density at radius 1 is 1.11 bits per heavy atom. The van der Waals surface area contributed by atoms with Gasteiger partial charge in [-0.05, 0) is 23.9 Å². The van der Waals surface area contributed by atoms with Crippen molar-refractivity contribution in [2.75, 3.05) is 14.2 Å². The lowest BCUT2D eigenvalue weighted by Gasteiger charge is -2.33. The summed E-state index contributed by atoms with van der Waals surface area (Å²) in [7, 11) is 1.83. The fourth-order valence-corrected chi connectivity index (χ4v) is 7.20. The van der Waals surface area contributed by atoms with E-state index in [2.05, 4.69) is 13.8 Å². The highest BCUT2D eigenvalue weighted by molar-refractivity contribution is 6.67. The van der Waals surface area contributed by atoms with Gasteiger partial charge in [0.05, 0.1) is 0 Å². The quantitative estimate of drug-likeness (QED) is 0.518. The molecule has 0 radical (unpaired) electrons. The second-order valence-corrected chi connectivity index (χ2v) is 9.75. The summed E-state index contributed by atoms with van der Waals surface area (Å²) in [6, 6.07) is 2.43. The van der Waals surface area contributed by atoms with Crippen molar-refractivity contribution in [1.29, 1.82) is 0 Å². The van der Waals surface area contributed by atoms with E-state index in [1.165, 1.54) is 63.5 Å². The summed E-state index contributed by atoms with van der Waals surface area (Å²) < 4.78 is 12.0. The van der Waals surface area contributed by atoms with Crippen molar-refractivity contribution in [1.82, 2.24) is 0 Å². The maximum absolute atomic E-state index is 5.98. The van der Waals surface area contributed by atoms with E-state index in [0.29, 0.717) is 0 Å². The average molecular weight is 287 g/mol. The standard InChI is InChI=1S/C16H34O2Si/c1-5-7-10-15(6-2)13-19(17-3,18-4)14-16-11-8-9-12-16/h15-16H,5-14H2,1-4H3. The zero-order chi connectivity index (χ0) is 14.1. The lowest BCUT2D eigenvalue weighted by molar-refractivity contribution is 0.223. The van der Waals surface area contributed by atoms with Crippen molar-refractivity contribution in [3.05, 3.63) is 0 Å². The number of hydrogen-bond acceptors (Lipinski definition) is 2. The van der Waals surface area contributed by atoms with E-state index in [0.717, 1.165) is 11.8 Å². The Morgan fingerprint density at radius 3 is 2.21 bits per heavy atom. The van der Waals surface area contributed by atoms with Crippen molar-refractivity contribution < 1.29 is 8.85 Å². The third kappa shape index (κ3) is 5.56. The Kier molecular flexibility index (Phi) is 8.27. The highest BCUT2D eigenvalue weighted by Gasteiger charge is 2.40. The van der Waals surface area contributed by atoms with Gasteiger partial charge < -0.3 is 8.85 Å². The van der Waals surface area contributed by atoms with E-state index in [1.54, 1.807) is 0 Å². The molecule has 1 rings (SSSR count). The zero-order valence-corrected chi connectivity index (χ0v) is 14.5. The molecule has 0 aromatic heterocycles. The summed E-state index contributed by atoms with van der Waals surface area (Å²) in [5.74, 6) is 1.67. The van der Waals surface area contributed by atoms with Gasteiger partial charge in [-0.3, -0.25) is 0 Å². The molecule has 0 spiro atoms. The molecule has 1 fully saturated rings. The minimum absolute atomic E-state index is 0.799. The molecule has 2 nitrogen and oxygen atoms in total. The Morgan fingerprint density at radius 2 is 1.74 bits per heavy atom. The molecule has 0 saturated heterocycles. The smallest absolute Gasteiger partial charge is 0.338 e. The predicted octanol–water partition coefficient (Wildman–Crippen LogP) is 5.13. The van der Waals surface area contributed by atoms with Crippen molar-refractivity contribution in [2.24, 2.45) is 11.8 Å². The molecule has 1 aliphatic rings. The second kappa shape index (κ2) is 9.14. The van der Waals surface area contributed by atoms with Gasteiger partial charge in [0.25, 0.3) is 0 Å². The Balaban J connectivity index is 2.56.